The summed E-state index contributed by atoms with van der Waals surface area (Å²) in [5.74, 6) is 0.906. The number of benzene rings is 1. The predicted molar refractivity (Wildman–Crippen MR) is 117 cm³/mol. The van der Waals surface area contributed by atoms with Gasteiger partial charge in [0.25, 0.3) is 0 Å². The van der Waals surface area contributed by atoms with E-state index < -0.39 is 5.60 Å². The maximum absolute atomic E-state index is 9.94. The molecule has 2 aliphatic rings. The van der Waals surface area contributed by atoms with Crippen molar-refractivity contribution in [3.05, 3.63) is 36.2 Å². The molecule has 2 fully saturated rings. The lowest BCUT2D eigenvalue weighted by atomic mass is 9.90. The van der Waals surface area contributed by atoms with E-state index in [0.717, 1.165) is 61.4 Å². The number of nitrogens with one attached hydrogen (secondary N) is 1. The van der Waals surface area contributed by atoms with Crippen molar-refractivity contribution in [3.8, 4) is 0 Å². The van der Waals surface area contributed by atoms with Crippen molar-refractivity contribution in [2.24, 2.45) is 0 Å². The number of fused-ring (bicyclic) bond motifs is 1. The van der Waals surface area contributed by atoms with Crippen LogP contribution < -0.4 is 5.32 Å². The fraction of sp³-hybridized carbons (Fsp3) is 0.565. The van der Waals surface area contributed by atoms with Gasteiger partial charge in [-0.3, -0.25) is 4.90 Å². The van der Waals surface area contributed by atoms with Gasteiger partial charge in [-0.1, -0.05) is 18.2 Å². The van der Waals surface area contributed by atoms with E-state index in [2.05, 4.69) is 26.3 Å². The molecule has 1 saturated heterocycles. The first-order valence-corrected chi connectivity index (χ1v) is 10.7. The molecule has 1 aromatic heterocycles. The van der Waals surface area contributed by atoms with Gasteiger partial charge in [0.05, 0.1) is 24.3 Å². The second-order valence-electron chi connectivity index (χ2n) is 8.78. The van der Waals surface area contributed by atoms with Gasteiger partial charge < -0.3 is 15.2 Å². The molecule has 0 bridgehead atoms. The van der Waals surface area contributed by atoms with Gasteiger partial charge in [0.1, 0.15) is 12.1 Å². The fourth-order valence-corrected chi connectivity index (χ4v) is 4.31. The van der Waals surface area contributed by atoms with Crippen LogP contribution in [0.15, 0.2) is 30.6 Å². The third-order valence-corrected chi connectivity index (χ3v) is 5.94. The molecule has 2 heterocycles. The third kappa shape index (κ3) is 5.32. The van der Waals surface area contributed by atoms with Gasteiger partial charge in [0.15, 0.2) is 0 Å². The fourth-order valence-electron chi connectivity index (χ4n) is 4.31. The summed E-state index contributed by atoms with van der Waals surface area (Å²) < 4.78 is 5.49. The second kappa shape index (κ2) is 8.78. The average molecular weight is 397 g/mol. The van der Waals surface area contributed by atoms with E-state index in [1.54, 1.807) is 26.3 Å². The Balaban J connectivity index is 1.44. The largest absolute Gasteiger partial charge is 0.386 e. The molecule has 4 rings (SSSR count). The second-order valence-corrected chi connectivity index (χ2v) is 8.78. The van der Waals surface area contributed by atoms with Crippen LogP contribution in [0.2, 0.25) is 0 Å². The number of aromatic nitrogens is 2. The molecule has 1 aromatic carbocycles. The first-order valence-electron chi connectivity index (χ1n) is 10.7. The highest BCUT2D eigenvalue weighted by atomic mass is 16.5. The van der Waals surface area contributed by atoms with Crippen molar-refractivity contribution in [3.63, 3.8) is 0 Å². The summed E-state index contributed by atoms with van der Waals surface area (Å²) in [6.45, 7) is 7.42. The van der Waals surface area contributed by atoms with Crippen LogP contribution in [0.5, 0.6) is 0 Å². The van der Waals surface area contributed by atoms with Gasteiger partial charge in [-0.25, -0.2) is 9.97 Å². The minimum Gasteiger partial charge on any atom is -0.386 e. The van der Waals surface area contributed by atoms with E-state index in [-0.39, 0.29) is 0 Å². The smallest absolute Gasteiger partial charge is 0.137 e. The number of ether oxygens (including phenoxy) is 1. The Morgan fingerprint density at radius 3 is 2.62 bits per heavy atom. The van der Waals surface area contributed by atoms with Gasteiger partial charge in [-0.2, -0.15) is 0 Å². The summed E-state index contributed by atoms with van der Waals surface area (Å²) >= 11 is 0. The molecular formula is C23H32N4O2. The summed E-state index contributed by atoms with van der Waals surface area (Å²) in [6, 6.07) is 7.27. The van der Waals surface area contributed by atoms with E-state index >= 15 is 0 Å². The van der Waals surface area contributed by atoms with Gasteiger partial charge in [-0.15, -0.1) is 0 Å². The number of hydrogen-bond acceptors (Lipinski definition) is 6. The topological polar surface area (TPSA) is 70.5 Å². The van der Waals surface area contributed by atoms with Crippen LogP contribution in [0.1, 0.15) is 45.1 Å². The Morgan fingerprint density at radius 1 is 1.14 bits per heavy atom. The average Bonchev–Trinajstić information content (AvgIpc) is 2.73. The maximum atomic E-state index is 9.94. The molecule has 156 valence electrons. The monoisotopic (exact) mass is 396 g/mol. The normalized spacial score (nSPS) is 24.2. The minimum absolute atomic E-state index is 0.445. The number of morpholine rings is 1. The van der Waals surface area contributed by atoms with Gasteiger partial charge in [0, 0.05) is 30.6 Å². The lowest BCUT2D eigenvalue weighted by Gasteiger charge is -2.39. The highest BCUT2D eigenvalue weighted by Crippen LogP contribution is 2.28. The van der Waals surface area contributed by atoms with Crippen molar-refractivity contribution in [1.82, 2.24) is 14.9 Å². The lowest BCUT2D eigenvalue weighted by Crippen LogP contribution is -2.46. The molecule has 29 heavy (non-hydrogen) atoms. The van der Waals surface area contributed by atoms with Crippen molar-refractivity contribution < 1.29 is 9.84 Å². The number of aliphatic hydroxyl groups is 1. The zero-order chi connectivity index (χ0) is 20.3. The first-order chi connectivity index (χ1) is 14.0. The van der Waals surface area contributed by atoms with Crippen LogP contribution >= 0.6 is 0 Å². The van der Waals surface area contributed by atoms with Crippen LogP contribution in [0, 0.1) is 0 Å². The summed E-state index contributed by atoms with van der Waals surface area (Å²) in [4.78, 5) is 11.6. The van der Waals surface area contributed by atoms with Crippen LogP contribution in [0.4, 0.5) is 5.82 Å². The summed E-state index contributed by atoms with van der Waals surface area (Å²) in [5, 5.41) is 14.7. The van der Waals surface area contributed by atoms with Gasteiger partial charge in [0.2, 0.25) is 0 Å². The Labute approximate surface area is 173 Å². The van der Waals surface area contributed by atoms with E-state index in [9.17, 15) is 5.11 Å². The van der Waals surface area contributed by atoms with Crippen molar-refractivity contribution in [2.75, 3.05) is 31.6 Å². The van der Waals surface area contributed by atoms with Gasteiger partial charge in [-0.05, 0) is 57.2 Å². The molecule has 2 aromatic rings. The van der Waals surface area contributed by atoms with E-state index in [4.69, 9.17) is 4.74 Å². The van der Waals surface area contributed by atoms with Crippen LogP contribution in [0.25, 0.3) is 17.0 Å². The molecule has 6 heteroatoms. The molecule has 6 nitrogen and oxygen atoms in total. The molecule has 1 saturated carbocycles. The highest BCUT2D eigenvalue weighted by Gasteiger charge is 2.27. The Kier molecular flexibility index (Phi) is 6.13. The summed E-state index contributed by atoms with van der Waals surface area (Å²) in [5.41, 5.74) is 1.14. The molecule has 0 atom stereocenters. The molecule has 0 spiro atoms. The molecule has 0 amide bonds. The molecule has 0 unspecified atom stereocenters. The summed E-state index contributed by atoms with van der Waals surface area (Å²) in [7, 11) is 0. The Bertz CT molecular complexity index is 848. The van der Waals surface area contributed by atoms with Crippen LogP contribution in [-0.2, 0) is 4.74 Å². The predicted octanol–water partition coefficient (Wildman–Crippen LogP) is 3.47. The first kappa shape index (κ1) is 20.3. The number of hydrogen-bond donors (Lipinski definition) is 2. The zero-order valence-electron chi connectivity index (χ0n) is 17.5. The quantitative estimate of drug-likeness (QED) is 0.806. The Hall–Kier alpha value is -2.02. The number of nitrogens with zero attached hydrogens (tertiary/aromatic N) is 3. The molecule has 1 aliphatic carbocycles. The van der Waals surface area contributed by atoms with Crippen molar-refractivity contribution in [2.45, 2.75) is 57.2 Å². The third-order valence-electron chi connectivity index (χ3n) is 5.94. The molecule has 0 radical (unpaired) electrons. The summed E-state index contributed by atoms with van der Waals surface area (Å²) in [6.07, 6.45) is 10.1. The van der Waals surface area contributed by atoms with E-state index in [1.807, 2.05) is 18.2 Å². The maximum Gasteiger partial charge on any atom is 0.137 e. The molecule has 2 N–H and O–H groups in total. The number of anilines is 1. The lowest BCUT2D eigenvalue weighted by molar-refractivity contribution is 0.00791. The zero-order valence-corrected chi connectivity index (χ0v) is 17.5. The van der Waals surface area contributed by atoms with Gasteiger partial charge >= 0.3 is 0 Å². The van der Waals surface area contributed by atoms with E-state index in [1.165, 1.54) is 12.8 Å². The Morgan fingerprint density at radius 2 is 1.90 bits per heavy atom. The van der Waals surface area contributed by atoms with Crippen molar-refractivity contribution in [1.29, 1.82) is 0 Å². The van der Waals surface area contributed by atoms with Crippen LogP contribution in [0.3, 0.4) is 0 Å². The number of rotatable bonds is 5. The van der Waals surface area contributed by atoms with Crippen molar-refractivity contribution >= 4 is 22.8 Å². The molecule has 1 aliphatic heterocycles. The minimum atomic E-state index is -0.831. The standard InChI is InChI=1S/C23H32N4O2/c1-23(2,28)10-9-17-3-8-21-20(15-17)22(25-16-24-21)26-18-4-6-19(7-5-18)27-11-13-29-14-12-27/h3,8-10,15-16,18-19,28H,4-7,11-14H2,1-2H3,(H,24,25,26)/b10-9+/t18-,19-. The SMILES string of the molecule is CC(C)(O)/C=C/c1ccc2ncnc(N[C@H]3CC[C@H](N4CCOCC4)CC3)c2c1. The van der Waals surface area contributed by atoms with Crippen LogP contribution in [-0.4, -0.2) is 64.0 Å². The molecular weight excluding hydrogens is 364 g/mol. The van der Waals surface area contributed by atoms with E-state index in [0.29, 0.717) is 12.1 Å². The highest BCUT2D eigenvalue weighted by molar-refractivity contribution is 5.90.